The van der Waals surface area contributed by atoms with Crippen LogP contribution in [-0.2, 0) is 4.79 Å². The summed E-state index contributed by atoms with van der Waals surface area (Å²) >= 11 is 0. The Hall–Kier alpha value is -2.83. The first-order chi connectivity index (χ1) is 9.72. The predicted octanol–water partition coefficient (Wildman–Crippen LogP) is 1.74. The van der Waals surface area contributed by atoms with E-state index in [1.165, 1.54) is 32.8 Å². The number of hydrogen-bond donors (Lipinski definition) is 1. The maximum Gasteiger partial charge on any atom is 0.319 e. The number of aromatic nitrogens is 2. The number of nitrogens with one attached hydrogen (secondary N) is 1. The summed E-state index contributed by atoms with van der Waals surface area (Å²) in [6.07, 6.45) is 5.82. The molecule has 0 saturated carbocycles. The Bertz CT molecular complexity index is 608. The Morgan fingerprint density at radius 1 is 1.40 bits per heavy atom. The molecule has 7 heteroatoms. The van der Waals surface area contributed by atoms with Crippen molar-refractivity contribution in [2.75, 3.05) is 19.5 Å². The van der Waals surface area contributed by atoms with Crippen molar-refractivity contribution < 1.29 is 18.7 Å². The average molecular weight is 275 g/mol. The topological polar surface area (TPSA) is 86.5 Å². The van der Waals surface area contributed by atoms with E-state index >= 15 is 0 Å². The Labute approximate surface area is 115 Å². The molecule has 104 valence electrons. The monoisotopic (exact) mass is 275 g/mol. The number of amides is 1. The highest BCUT2D eigenvalue weighted by molar-refractivity contribution is 6.02. The minimum absolute atomic E-state index is 0.158. The lowest BCUT2D eigenvalue weighted by molar-refractivity contribution is -0.111. The molecule has 2 rings (SSSR count). The third kappa shape index (κ3) is 3.35. The van der Waals surface area contributed by atoms with Crippen LogP contribution < -0.4 is 14.8 Å². The van der Waals surface area contributed by atoms with Crippen LogP contribution in [-0.4, -0.2) is 30.1 Å². The van der Waals surface area contributed by atoms with Crippen LogP contribution >= 0.6 is 0 Å². The molecule has 0 bridgehead atoms. The first kappa shape index (κ1) is 13.6. The zero-order chi connectivity index (χ0) is 14.4. The van der Waals surface area contributed by atoms with Crippen molar-refractivity contribution in [3.63, 3.8) is 0 Å². The van der Waals surface area contributed by atoms with Gasteiger partial charge in [-0.1, -0.05) is 0 Å². The second-order valence-electron chi connectivity index (χ2n) is 3.62. The fraction of sp³-hybridized carbons (Fsp3) is 0.154. The molecule has 0 radical (unpaired) electrons. The van der Waals surface area contributed by atoms with Crippen LogP contribution in [0.4, 0.5) is 5.69 Å². The van der Waals surface area contributed by atoms with Gasteiger partial charge in [-0.05, 0) is 18.2 Å². The van der Waals surface area contributed by atoms with Gasteiger partial charge >= 0.3 is 6.01 Å². The number of nitrogens with zero attached hydrogens (tertiary/aromatic N) is 2. The second-order valence-corrected chi connectivity index (χ2v) is 3.62. The average Bonchev–Trinajstić information content (AvgIpc) is 2.99. The number of rotatable bonds is 5. The van der Waals surface area contributed by atoms with Gasteiger partial charge in [0, 0.05) is 6.08 Å². The normalized spacial score (nSPS) is 10.5. The lowest BCUT2D eigenvalue weighted by atomic mass is 10.3. The van der Waals surface area contributed by atoms with Gasteiger partial charge in [-0.15, -0.1) is 0 Å². The van der Waals surface area contributed by atoms with Gasteiger partial charge in [0.1, 0.15) is 11.4 Å². The molecule has 0 aliphatic rings. The molecule has 1 amide bonds. The molecule has 0 atom stereocenters. The minimum atomic E-state index is -0.353. The lowest BCUT2D eigenvalue weighted by Gasteiger charge is -2.07. The minimum Gasteiger partial charge on any atom is -0.479 e. The Kier molecular flexibility index (Phi) is 4.33. The van der Waals surface area contributed by atoms with E-state index in [-0.39, 0.29) is 17.8 Å². The van der Waals surface area contributed by atoms with E-state index in [0.29, 0.717) is 11.4 Å². The number of anilines is 1. The van der Waals surface area contributed by atoms with E-state index < -0.39 is 0 Å². The fourth-order valence-corrected chi connectivity index (χ4v) is 1.41. The largest absolute Gasteiger partial charge is 0.479 e. The molecule has 20 heavy (non-hydrogen) atoms. The zero-order valence-corrected chi connectivity index (χ0v) is 11.0. The van der Waals surface area contributed by atoms with Crippen molar-refractivity contribution in [1.29, 1.82) is 0 Å². The summed E-state index contributed by atoms with van der Waals surface area (Å²) < 4.78 is 15.0. The molecule has 0 aromatic carbocycles. The van der Waals surface area contributed by atoms with Crippen LogP contribution in [0.3, 0.4) is 0 Å². The fourth-order valence-electron chi connectivity index (χ4n) is 1.41. The summed E-state index contributed by atoms with van der Waals surface area (Å²) in [7, 11) is 2.88. The molecule has 0 aliphatic carbocycles. The lowest BCUT2D eigenvalue weighted by Crippen LogP contribution is -2.10. The molecule has 2 aromatic heterocycles. The number of methoxy groups -OCH3 is 2. The SMILES string of the molecule is COc1ncc(NC(=O)/C=C/c2ccco2)c(OC)n1. The summed E-state index contributed by atoms with van der Waals surface area (Å²) in [5, 5.41) is 2.60. The van der Waals surface area contributed by atoms with Crippen molar-refractivity contribution in [3.05, 3.63) is 36.4 Å². The molecule has 0 spiro atoms. The molecular weight excluding hydrogens is 262 g/mol. The van der Waals surface area contributed by atoms with Crippen LogP contribution in [0, 0.1) is 0 Å². The van der Waals surface area contributed by atoms with Crippen LogP contribution in [0.2, 0.25) is 0 Å². The summed E-state index contributed by atoms with van der Waals surface area (Å²) in [6.45, 7) is 0. The second kappa shape index (κ2) is 6.37. The summed E-state index contributed by atoms with van der Waals surface area (Å²) in [5.74, 6) is 0.447. The van der Waals surface area contributed by atoms with Crippen LogP contribution in [0.25, 0.3) is 6.08 Å². The maximum absolute atomic E-state index is 11.7. The number of furan rings is 1. The van der Waals surface area contributed by atoms with Gasteiger partial charge in [0.15, 0.2) is 0 Å². The van der Waals surface area contributed by atoms with Gasteiger partial charge in [-0.2, -0.15) is 4.98 Å². The van der Waals surface area contributed by atoms with E-state index in [1.54, 1.807) is 18.2 Å². The molecule has 1 N–H and O–H groups in total. The van der Waals surface area contributed by atoms with Crippen molar-refractivity contribution >= 4 is 17.7 Å². The van der Waals surface area contributed by atoms with E-state index in [0.717, 1.165) is 0 Å². The molecule has 0 aliphatic heterocycles. The smallest absolute Gasteiger partial charge is 0.319 e. The van der Waals surface area contributed by atoms with E-state index in [9.17, 15) is 4.79 Å². The maximum atomic E-state index is 11.7. The van der Waals surface area contributed by atoms with Crippen molar-refractivity contribution in [3.8, 4) is 11.9 Å². The molecule has 7 nitrogen and oxygen atoms in total. The van der Waals surface area contributed by atoms with Crippen LogP contribution in [0.1, 0.15) is 5.76 Å². The van der Waals surface area contributed by atoms with Gasteiger partial charge in [-0.3, -0.25) is 4.79 Å². The third-order valence-electron chi connectivity index (χ3n) is 2.31. The van der Waals surface area contributed by atoms with E-state index in [4.69, 9.17) is 13.9 Å². The first-order valence-electron chi connectivity index (χ1n) is 5.70. The number of carbonyl (C=O) groups excluding carboxylic acids is 1. The Balaban J connectivity index is 2.07. The van der Waals surface area contributed by atoms with Crippen molar-refractivity contribution in [2.24, 2.45) is 0 Å². The van der Waals surface area contributed by atoms with Gasteiger partial charge in [-0.25, -0.2) is 4.98 Å². The highest BCUT2D eigenvalue weighted by atomic mass is 16.5. The van der Waals surface area contributed by atoms with E-state index in [2.05, 4.69) is 15.3 Å². The van der Waals surface area contributed by atoms with Crippen molar-refractivity contribution in [2.45, 2.75) is 0 Å². The summed E-state index contributed by atoms with van der Waals surface area (Å²) in [4.78, 5) is 19.6. The molecule has 0 fully saturated rings. The zero-order valence-electron chi connectivity index (χ0n) is 11.0. The quantitative estimate of drug-likeness (QED) is 0.836. The molecule has 2 heterocycles. The highest BCUT2D eigenvalue weighted by Gasteiger charge is 2.09. The van der Waals surface area contributed by atoms with Gasteiger partial charge in [0.05, 0.1) is 26.7 Å². The number of ether oxygens (including phenoxy) is 2. The van der Waals surface area contributed by atoms with Crippen molar-refractivity contribution in [1.82, 2.24) is 9.97 Å². The molecule has 2 aromatic rings. The summed E-state index contributed by atoms with van der Waals surface area (Å²) in [6, 6.07) is 3.63. The summed E-state index contributed by atoms with van der Waals surface area (Å²) in [5.41, 5.74) is 0.349. The van der Waals surface area contributed by atoms with Gasteiger partial charge in [0.25, 0.3) is 0 Å². The number of carbonyl (C=O) groups is 1. The van der Waals surface area contributed by atoms with Crippen LogP contribution in [0.5, 0.6) is 11.9 Å². The third-order valence-corrected chi connectivity index (χ3v) is 2.31. The molecule has 0 saturated heterocycles. The van der Waals surface area contributed by atoms with Crippen LogP contribution in [0.15, 0.2) is 35.1 Å². The predicted molar refractivity (Wildman–Crippen MR) is 71.5 cm³/mol. The Morgan fingerprint density at radius 2 is 2.25 bits per heavy atom. The van der Waals surface area contributed by atoms with Gasteiger partial charge in [0.2, 0.25) is 11.8 Å². The highest BCUT2D eigenvalue weighted by Crippen LogP contribution is 2.22. The molecular formula is C13H13N3O4. The standard InChI is InChI=1S/C13H13N3O4/c1-18-12-10(8-14-13(16-12)19-2)15-11(17)6-5-9-4-3-7-20-9/h3-8H,1-2H3,(H,15,17)/b6-5+. The molecule has 0 unspecified atom stereocenters. The first-order valence-corrected chi connectivity index (χ1v) is 5.70. The number of hydrogen-bond acceptors (Lipinski definition) is 6. The van der Waals surface area contributed by atoms with Gasteiger partial charge < -0.3 is 19.2 Å². The Morgan fingerprint density at radius 3 is 2.90 bits per heavy atom. The van der Waals surface area contributed by atoms with E-state index in [1.807, 2.05) is 0 Å².